The predicted octanol–water partition coefficient (Wildman–Crippen LogP) is 1.87. The molecule has 0 spiro atoms. The van der Waals surface area contributed by atoms with Crippen molar-refractivity contribution < 1.29 is 4.74 Å². The summed E-state index contributed by atoms with van der Waals surface area (Å²) in [5, 5.41) is 21.5. The van der Waals surface area contributed by atoms with Crippen LogP contribution in [0.25, 0.3) is 10.8 Å². The van der Waals surface area contributed by atoms with Crippen LogP contribution in [0.4, 0.5) is 11.6 Å². The van der Waals surface area contributed by atoms with Gasteiger partial charge in [0.1, 0.15) is 23.4 Å². The normalized spacial score (nSPS) is 23.3. The van der Waals surface area contributed by atoms with Gasteiger partial charge >= 0.3 is 0 Å². The van der Waals surface area contributed by atoms with E-state index in [1.807, 2.05) is 12.3 Å². The van der Waals surface area contributed by atoms with Crippen LogP contribution in [-0.2, 0) is 4.74 Å². The second-order valence-electron chi connectivity index (χ2n) is 6.65. The Labute approximate surface area is 146 Å². The molecule has 0 aliphatic carbocycles. The molecule has 0 bridgehead atoms. The number of anilines is 2. The Morgan fingerprint density at radius 3 is 2.96 bits per heavy atom. The number of hydrogen-bond acceptors (Lipinski definition) is 7. The van der Waals surface area contributed by atoms with Gasteiger partial charge in [-0.3, -0.25) is 0 Å². The molecule has 3 N–H and O–H groups in total. The number of nitrogens with zero attached hydrogens (tertiary/aromatic N) is 3. The molecule has 7 heteroatoms. The standard InChI is InChI=1S/C18H22N6O/c19-8-15-6-12-9-21-17(22-13-2-1-4-20-10-13)7-16(12)18(24-15)23-14-3-5-25-11-14/h6-7,9,13-14,20H,1-5,10-11H2,(H,21,22)(H,23,24)/t13-,14-/m0/s1. The van der Waals surface area contributed by atoms with Crippen molar-refractivity contribution in [2.75, 3.05) is 36.9 Å². The van der Waals surface area contributed by atoms with Gasteiger partial charge < -0.3 is 20.7 Å². The molecule has 0 saturated carbocycles. The summed E-state index contributed by atoms with van der Waals surface area (Å²) >= 11 is 0. The van der Waals surface area contributed by atoms with Crippen molar-refractivity contribution in [3.8, 4) is 6.07 Å². The van der Waals surface area contributed by atoms with Gasteiger partial charge in [0.25, 0.3) is 0 Å². The van der Waals surface area contributed by atoms with Gasteiger partial charge in [0.2, 0.25) is 0 Å². The monoisotopic (exact) mass is 338 g/mol. The first-order valence-electron chi connectivity index (χ1n) is 8.84. The summed E-state index contributed by atoms with van der Waals surface area (Å²) in [6.07, 6.45) is 5.08. The molecule has 2 saturated heterocycles. The Bertz CT molecular complexity index is 790. The number of aromatic nitrogens is 2. The molecule has 2 aromatic heterocycles. The number of ether oxygens (including phenoxy) is 1. The van der Waals surface area contributed by atoms with Gasteiger partial charge in [-0.05, 0) is 37.9 Å². The zero-order valence-electron chi connectivity index (χ0n) is 14.1. The van der Waals surface area contributed by atoms with E-state index >= 15 is 0 Å². The van der Waals surface area contributed by atoms with E-state index in [0.29, 0.717) is 18.3 Å². The Balaban J connectivity index is 1.65. The maximum absolute atomic E-state index is 9.25. The quantitative estimate of drug-likeness (QED) is 0.783. The Kier molecular flexibility index (Phi) is 4.63. The predicted molar refractivity (Wildman–Crippen MR) is 96.6 cm³/mol. The van der Waals surface area contributed by atoms with Crippen molar-refractivity contribution in [3.05, 3.63) is 24.0 Å². The number of nitriles is 1. The summed E-state index contributed by atoms with van der Waals surface area (Å²) in [5.74, 6) is 1.58. The van der Waals surface area contributed by atoms with Crippen LogP contribution in [0.2, 0.25) is 0 Å². The lowest BCUT2D eigenvalue weighted by Gasteiger charge is -2.24. The molecule has 7 nitrogen and oxygen atoms in total. The number of fused-ring (bicyclic) bond motifs is 1. The second kappa shape index (κ2) is 7.21. The van der Waals surface area contributed by atoms with E-state index in [4.69, 9.17) is 4.74 Å². The maximum atomic E-state index is 9.25. The first-order valence-corrected chi connectivity index (χ1v) is 8.84. The minimum Gasteiger partial charge on any atom is -0.379 e. The molecule has 0 radical (unpaired) electrons. The molecule has 0 unspecified atom stereocenters. The average molecular weight is 338 g/mol. The molecule has 25 heavy (non-hydrogen) atoms. The van der Waals surface area contributed by atoms with Crippen molar-refractivity contribution >= 4 is 22.4 Å². The molecule has 2 atom stereocenters. The lowest BCUT2D eigenvalue weighted by Crippen LogP contribution is -2.38. The summed E-state index contributed by atoms with van der Waals surface area (Å²) in [6, 6.07) is 6.56. The third-order valence-corrected chi connectivity index (χ3v) is 4.75. The highest BCUT2D eigenvalue weighted by atomic mass is 16.5. The lowest BCUT2D eigenvalue weighted by atomic mass is 10.1. The van der Waals surface area contributed by atoms with E-state index in [9.17, 15) is 5.26 Å². The van der Waals surface area contributed by atoms with E-state index in [2.05, 4.69) is 32.0 Å². The molecule has 2 fully saturated rings. The highest BCUT2D eigenvalue weighted by Crippen LogP contribution is 2.26. The van der Waals surface area contributed by atoms with Crippen LogP contribution in [0, 0.1) is 11.3 Å². The van der Waals surface area contributed by atoms with E-state index < -0.39 is 0 Å². The molecular formula is C18H22N6O. The molecule has 4 rings (SSSR count). The van der Waals surface area contributed by atoms with Crippen LogP contribution in [0.3, 0.4) is 0 Å². The van der Waals surface area contributed by atoms with Crippen LogP contribution in [-0.4, -0.2) is 48.4 Å². The third kappa shape index (κ3) is 3.65. The summed E-state index contributed by atoms with van der Waals surface area (Å²) in [5.41, 5.74) is 0.396. The topological polar surface area (TPSA) is 94.9 Å². The molecular weight excluding hydrogens is 316 g/mol. The smallest absolute Gasteiger partial charge is 0.143 e. The van der Waals surface area contributed by atoms with E-state index in [0.717, 1.165) is 54.9 Å². The fourth-order valence-corrected chi connectivity index (χ4v) is 3.42. The molecule has 0 amide bonds. The molecule has 4 heterocycles. The van der Waals surface area contributed by atoms with Gasteiger partial charge in [-0.15, -0.1) is 0 Å². The van der Waals surface area contributed by atoms with Crippen LogP contribution in [0.15, 0.2) is 18.3 Å². The van der Waals surface area contributed by atoms with Gasteiger partial charge in [-0.1, -0.05) is 0 Å². The van der Waals surface area contributed by atoms with E-state index in [1.54, 1.807) is 6.07 Å². The molecule has 130 valence electrons. The highest BCUT2D eigenvalue weighted by molar-refractivity contribution is 5.93. The van der Waals surface area contributed by atoms with Gasteiger partial charge in [0, 0.05) is 36.2 Å². The van der Waals surface area contributed by atoms with Gasteiger partial charge in [0.05, 0.1) is 12.6 Å². The second-order valence-corrected chi connectivity index (χ2v) is 6.65. The highest BCUT2D eigenvalue weighted by Gasteiger charge is 2.18. The SMILES string of the molecule is N#Cc1cc2cnc(N[C@H]3CCCNC3)cc2c(N[C@H]2CCOC2)n1. The van der Waals surface area contributed by atoms with E-state index in [-0.39, 0.29) is 6.04 Å². The van der Waals surface area contributed by atoms with Crippen molar-refractivity contribution in [2.45, 2.75) is 31.3 Å². The van der Waals surface area contributed by atoms with Gasteiger partial charge in [0.15, 0.2) is 0 Å². The Morgan fingerprint density at radius 1 is 1.24 bits per heavy atom. The van der Waals surface area contributed by atoms with Crippen LogP contribution in [0.1, 0.15) is 25.0 Å². The fraction of sp³-hybridized carbons (Fsp3) is 0.500. The largest absolute Gasteiger partial charge is 0.379 e. The van der Waals surface area contributed by atoms with Crippen molar-refractivity contribution in [3.63, 3.8) is 0 Å². The van der Waals surface area contributed by atoms with Crippen LogP contribution >= 0.6 is 0 Å². The molecule has 0 aromatic carbocycles. The number of piperidine rings is 1. The molecule has 2 aliphatic rings. The summed E-state index contributed by atoms with van der Waals surface area (Å²) in [6.45, 7) is 3.47. The van der Waals surface area contributed by atoms with Gasteiger partial charge in [-0.25, -0.2) is 9.97 Å². The van der Waals surface area contributed by atoms with Crippen molar-refractivity contribution in [2.24, 2.45) is 0 Å². The van der Waals surface area contributed by atoms with Crippen molar-refractivity contribution in [1.82, 2.24) is 15.3 Å². The minimum absolute atomic E-state index is 0.233. The Morgan fingerprint density at radius 2 is 2.20 bits per heavy atom. The number of nitrogens with one attached hydrogen (secondary N) is 3. The molecule has 2 aliphatic heterocycles. The zero-order chi connectivity index (χ0) is 17.1. The van der Waals surface area contributed by atoms with Gasteiger partial charge in [-0.2, -0.15) is 5.26 Å². The number of hydrogen-bond donors (Lipinski definition) is 3. The number of pyridine rings is 2. The van der Waals surface area contributed by atoms with Crippen LogP contribution in [0.5, 0.6) is 0 Å². The first-order chi connectivity index (χ1) is 12.3. The lowest BCUT2D eigenvalue weighted by molar-refractivity contribution is 0.195. The minimum atomic E-state index is 0.233. The third-order valence-electron chi connectivity index (χ3n) is 4.75. The zero-order valence-corrected chi connectivity index (χ0v) is 14.1. The Hall–Kier alpha value is -2.43. The summed E-state index contributed by atoms with van der Waals surface area (Å²) in [4.78, 5) is 9.00. The van der Waals surface area contributed by atoms with Crippen LogP contribution < -0.4 is 16.0 Å². The fourth-order valence-electron chi connectivity index (χ4n) is 3.42. The van der Waals surface area contributed by atoms with Crippen molar-refractivity contribution in [1.29, 1.82) is 5.26 Å². The number of rotatable bonds is 4. The average Bonchev–Trinajstić information content (AvgIpc) is 3.16. The summed E-state index contributed by atoms with van der Waals surface area (Å²) in [7, 11) is 0. The first kappa shape index (κ1) is 16.1. The molecule has 2 aromatic rings. The van der Waals surface area contributed by atoms with E-state index in [1.165, 1.54) is 6.42 Å². The maximum Gasteiger partial charge on any atom is 0.143 e. The summed E-state index contributed by atoms with van der Waals surface area (Å²) < 4.78 is 5.44.